The van der Waals surface area contributed by atoms with Crippen LogP contribution in [0.5, 0.6) is 0 Å². The number of likely N-dealkylation sites (tertiary alicyclic amines) is 1. The molecular formula is C28H34N4O5S2. The van der Waals surface area contributed by atoms with Gasteiger partial charge in [-0.3, -0.25) is 4.79 Å². The van der Waals surface area contributed by atoms with Crippen LogP contribution in [0.2, 0.25) is 0 Å². The first-order chi connectivity index (χ1) is 18.6. The van der Waals surface area contributed by atoms with Crippen molar-refractivity contribution in [1.82, 2.24) is 13.9 Å². The van der Waals surface area contributed by atoms with E-state index in [1.54, 1.807) is 12.1 Å². The molecule has 0 aliphatic carbocycles. The van der Waals surface area contributed by atoms with Gasteiger partial charge < -0.3 is 4.90 Å². The minimum Gasteiger partial charge on any atom is -0.342 e. The van der Waals surface area contributed by atoms with Crippen molar-refractivity contribution >= 4 is 26.0 Å². The molecule has 2 aliphatic rings. The maximum Gasteiger partial charge on any atom is 0.243 e. The smallest absolute Gasteiger partial charge is 0.243 e. The molecule has 4 rings (SSSR count). The van der Waals surface area contributed by atoms with E-state index < -0.39 is 32.0 Å². The van der Waals surface area contributed by atoms with Crippen molar-refractivity contribution in [2.24, 2.45) is 5.92 Å². The molecule has 2 aliphatic heterocycles. The number of hydrogen-bond acceptors (Lipinski definition) is 6. The first-order valence-electron chi connectivity index (χ1n) is 13.1. The molecule has 2 aromatic rings. The number of piperidine rings is 1. The minimum atomic E-state index is -3.87. The van der Waals surface area contributed by atoms with Crippen LogP contribution in [0.15, 0.2) is 71.5 Å². The van der Waals surface area contributed by atoms with Crippen molar-refractivity contribution < 1.29 is 21.6 Å². The van der Waals surface area contributed by atoms with Crippen molar-refractivity contribution in [3.05, 3.63) is 77.7 Å². The first kappa shape index (κ1) is 29.0. The van der Waals surface area contributed by atoms with Crippen molar-refractivity contribution in [2.75, 3.05) is 26.2 Å². The van der Waals surface area contributed by atoms with Gasteiger partial charge in [0.2, 0.25) is 26.0 Å². The van der Waals surface area contributed by atoms with E-state index in [0.29, 0.717) is 51.7 Å². The second-order valence-corrected chi connectivity index (χ2v) is 13.6. The number of carbonyl (C=O) groups is 1. The van der Waals surface area contributed by atoms with E-state index in [-0.39, 0.29) is 23.3 Å². The number of amides is 1. The zero-order valence-corrected chi connectivity index (χ0v) is 23.4. The third-order valence-electron chi connectivity index (χ3n) is 7.52. The van der Waals surface area contributed by atoms with Gasteiger partial charge in [0.15, 0.2) is 0 Å². The molecule has 0 saturated carbocycles. The fourth-order valence-corrected chi connectivity index (χ4v) is 7.49. The van der Waals surface area contributed by atoms with Crippen LogP contribution in [0.4, 0.5) is 0 Å². The number of nitrogens with one attached hydrogen (secondary N) is 1. The van der Waals surface area contributed by atoms with Gasteiger partial charge in [-0.1, -0.05) is 49.0 Å². The van der Waals surface area contributed by atoms with E-state index in [4.69, 9.17) is 0 Å². The number of nitriles is 1. The number of rotatable bonds is 10. The van der Waals surface area contributed by atoms with Crippen molar-refractivity contribution in [3.8, 4) is 6.07 Å². The molecule has 2 fully saturated rings. The van der Waals surface area contributed by atoms with E-state index in [2.05, 4.69) is 17.4 Å². The highest BCUT2D eigenvalue weighted by Crippen LogP contribution is 2.30. The summed E-state index contributed by atoms with van der Waals surface area (Å²) in [6.45, 7) is 4.60. The zero-order valence-electron chi connectivity index (χ0n) is 21.8. The Balaban J connectivity index is 1.55. The Kier molecular flexibility index (Phi) is 9.23. The van der Waals surface area contributed by atoms with Crippen LogP contribution in [0.3, 0.4) is 0 Å². The monoisotopic (exact) mass is 570 g/mol. The quantitative estimate of drug-likeness (QED) is 0.468. The summed E-state index contributed by atoms with van der Waals surface area (Å²) in [4.78, 5) is 15.6. The maximum atomic E-state index is 13.7. The SMILES string of the molecule is C=CS(=O)(=O)NC[C@H]1CCCN1S(=O)(=O)c1ccc(C(Cc2ccccc2)C(=O)N2CCC(C#N)CC2)cc1. The van der Waals surface area contributed by atoms with Crippen LogP contribution in [0, 0.1) is 17.2 Å². The Labute approximate surface area is 231 Å². The second kappa shape index (κ2) is 12.4. The molecule has 208 valence electrons. The minimum absolute atomic E-state index is 0.0260. The van der Waals surface area contributed by atoms with Crippen LogP contribution in [0.1, 0.15) is 42.7 Å². The van der Waals surface area contributed by atoms with E-state index in [1.165, 1.54) is 16.4 Å². The van der Waals surface area contributed by atoms with Crippen LogP contribution in [-0.2, 0) is 31.3 Å². The third-order valence-corrected chi connectivity index (χ3v) is 10.5. The van der Waals surface area contributed by atoms with Gasteiger partial charge in [-0.15, -0.1) is 0 Å². The lowest BCUT2D eigenvalue weighted by molar-refractivity contribution is -0.134. The number of benzene rings is 2. The van der Waals surface area contributed by atoms with Gasteiger partial charge in [0, 0.05) is 43.5 Å². The van der Waals surface area contributed by atoms with Crippen LogP contribution >= 0.6 is 0 Å². The van der Waals surface area contributed by atoms with Crippen molar-refractivity contribution in [3.63, 3.8) is 0 Å². The normalized spacial score (nSPS) is 19.9. The van der Waals surface area contributed by atoms with Crippen LogP contribution < -0.4 is 4.72 Å². The van der Waals surface area contributed by atoms with Gasteiger partial charge in [0.1, 0.15) is 0 Å². The van der Waals surface area contributed by atoms with Crippen LogP contribution in [0.25, 0.3) is 0 Å². The molecule has 2 saturated heterocycles. The lowest BCUT2D eigenvalue weighted by Crippen LogP contribution is -2.42. The first-order valence-corrected chi connectivity index (χ1v) is 16.1. The van der Waals surface area contributed by atoms with Gasteiger partial charge in [-0.2, -0.15) is 9.57 Å². The summed E-state index contributed by atoms with van der Waals surface area (Å²) in [5.74, 6) is -0.553. The lowest BCUT2D eigenvalue weighted by Gasteiger charge is -2.32. The molecule has 1 N–H and O–H groups in total. The summed E-state index contributed by atoms with van der Waals surface area (Å²) in [6, 6.07) is 18.0. The van der Waals surface area contributed by atoms with E-state index in [1.807, 2.05) is 35.2 Å². The van der Waals surface area contributed by atoms with Crippen LogP contribution in [-0.4, -0.2) is 64.2 Å². The molecule has 0 aromatic heterocycles. The molecule has 2 atom stereocenters. The van der Waals surface area contributed by atoms with Gasteiger partial charge >= 0.3 is 0 Å². The standard InChI is InChI=1S/C28H34N4O5S2/c1-2-38(34,35)30-21-25-9-6-16-32(25)39(36,37)26-12-10-24(11-13-26)27(19-22-7-4-3-5-8-22)28(33)31-17-14-23(20-29)15-18-31/h2-5,7-8,10-13,23,25,27,30H,1,6,9,14-19,21H2/t25-,27?/m1/s1. The second-order valence-electron chi connectivity index (χ2n) is 10.0. The highest BCUT2D eigenvalue weighted by atomic mass is 32.2. The molecule has 39 heavy (non-hydrogen) atoms. The molecule has 1 unspecified atom stereocenters. The number of hydrogen-bond donors (Lipinski definition) is 1. The summed E-state index contributed by atoms with van der Waals surface area (Å²) in [5, 5.41) is 10.0. The Bertz CT molecular complexity index is 1410. The summed E-state index contributed by atoms with van der Waals surface area (Å²) in [6.07, 6.45) is 2.96. The predicted octanol–water partition coefficient (Wildman–Crippen LogP) is 2.99. The van der Waals surface area contributed by atoms with E-state index in [9.17, 15) is 26.9 Å². The number of carbonyl (C=O) groups excluding carboxylic acids is 1. The molecule has 2 aromatic carbocycles. The van der Waals surface area contributed by atoms with Crippen molar-refractivity contribution in [2.45, 2.75) is 49.0 Å². The van der Waals surface area contributed by atoms with E-state index >= 15 is 0 Å². The predicted molar refractivity (Wildman–Crippen MR) is 148 cm³/mol. The molecule has 0 bridgehead atoms. The average Bonchev–Trinajstić information content (AvgIpc) is 3.45. The molecule has 11 heteroatoms. The summed E-state index contributed by atoms with van der Waals surface area (Å²) in [7, 11) is -7.53. The largest absolute Gasteiger partial charge is 0.342 e. The van der Waals surface area contributed by atoms with E-state index in [0.717, 1.165) is 16.5 Å². The van der Waals surface area contributed by atoms with Gasteiger partial charge in [-0.25, -0.2) is 21.6 Å². The van der Waals surface area contributed by atoms with Crippen molar-refractivity contribution in [1.29, 1.82) is 5.26 Å². The molecule has 0 radical (unpaired) electrons. The third kappa shape index (κ3) is 6.94. The van der Waals surface area contributed by atoms with Gasteiger partial charge in [-0.05, 0) is 55.4 Å². The number of sulfonamides is 2. The molecule has 0 spiro atoms. The highest BCUT2D eigenvalue weighted by Gasteiger charge is 2.36. The maximum absolute atomic E-state index is 13.7. The Morgan fingerprint density at radius 2 is 1.69 bits per heavy atom. The number of nitrogens with zero attached hydrogens (tertiary/aromatic N) is 3. The fourth-order valence-electron chi connectivity index (χ4n) is 5.26. The highest BCUT2D eigenvalue weighted by molar-refractivity contribution is 7.92. The Morgan fingerprint density at radius 1 is 1.03 bits per heavy atom. The average molecular weight is 571 g/mol. The summed E-state index contributed by atoms with van der Waals surface area (Å²) < 4.78 is 54.2. The Hall–Kier alpha value is -3.04. The topological polar surface area (TPSA) is 128 Å². The molecule has 1 amide bonds. The Morgan fingerprint density at radius 3 is 2.31 bits per heavy atom. The lowest BCUT2D eigenvalue weighted by atomic mass is 9.89. The molecule has 2 heterocycles. The van der Waals surface area contributed by atoms with Gasteiger partial charge in [0.05, 0.1) is 16.9 Å². The molecule has 9 nitrogen and oxygen atoms in total. The van der Waals surface area contributed by atoms with Gasteiger partial charge in [0.25, 0.3) is 0 Å². The fraction of sp³-hybridized carbons (Fsp3) is 0.429. The zero-order chi connectivity index (χ0) is 28.0. The summed E-state index contributed by atoms with van der Waals surface area (Å²) in [5.41, 5.74) is 1.73. The molecular weight excluding hydrogens is 536 g/mol. The summed E-state index contributed by atoms with van der Waals surface area (Å²) >= 11 is 0.